The molecule has 0 amide bonds. The maximum Gasteiger partial charge on any atom is 0.0594 e. The molecule has 2 nitrogen and oxygen atoms in total. The lowest BCUT2D eigenvalue weighted by Gasteiger charge is -2.31. The number of rotatable bonds is 7. The summed E-state index contributed by atoms with van der Waals surface area (Å²) in [6, 6.07) is 0.739. The van der Waals surface area contributed by atoms with Crippen LogP contribution in [0.2, 0.25) is 0 Å². The minimum atomic E-state index is 0.358. The zero-order valence-corrected chi connectivity index (χ0v) is 12.2. The summed E-state index contributed by atoms with van der Waals surface area (Å²) in [7, 11) is 0. The van der Waals surface area contributed by atoms with Crippen molar-refractivity contribution in [2.24, 2.45) is 11.8 Å². The maximum atomic E-state index is 5.56. The van der Waals surface area contributed by atoms with E-state index in [1.807, 2.05) is 0 Å². The molecule has 1 N–H and O–H groups in total. The monoisotopic (exact) mass is 241 g/mol. The van der Waals surface area contributed by atoms with Crippen molar-refractivity contribution in [3.63, 3.8) is 0 Å². The van der Waals surface area contributed by atoms with Crippen LogP contribution in [-0.4, -0.2) is 25.3 Å². The fourth-order valence-corrected chi connectivity index (χ4v) is 2.91. The minimum absolute atomic E-state index is 0.358. The van der Waals surface area contributed by atoms with Gasteiger partial charge < -0.3 is 10.1 Å². The van der Waals surface area contributed by atoms with Crippen LogP contribution in [-0.2, 0) is 4.74 Å². The van der Waals surface area contributed by atoms with E-state index in [9.17, 15) is 0 Å². The van der Waals surface area contributed by atoms with Gasteiger partial charge in [-0.25, -0.2) is 0 Å². The Balaban J connectivity index is 2.12. The Morgan fingerprint density at radius 3 is 2.59 bits per heavy atom. The standard InChI is InChI=1S/C15H31NO/c1-12(2)10-14-6-5-7-15(11-14)16-8-9-17-13(3)4/h12-16H,5-11H2,1-4H3. The molecule has 0 spiro atoms. The average Bonchev–Trinajstić information content (AvgIpc) is 2.24. The number of hydrogen-bond acceptors (Lipinski definition) is 2. The van der Waals surface area contributed by atoms with E-state index in [1.54, 1.807) is 0 Å². The van der Waals surface area contributed by atoms with Crippen LogP contribution in [0.1, 0.15) is 59.8 Å². The van der Waals surface area contributed by atoms with Gasteiger partial charge in [-0.3, -0.25) is 0 Å². The van der Waals surface area contributed by atoms with Crippen LogP contribution in [0, 0.1) is 11.8 Å². The zero-order valence-electron chi connectivity index (χ0n) is 12.2. The third kappa shape index (κ3) is 7.05. The van der Waals surface area contributed by atoms with Gasteiger partial charge in [0.15, 0.2) is 0 Å². The highest BCUT2D eigenvalue weighted by Gasteiger charge is 2.21. The molecule has 2 heteroatoms. The van der Waals surface area contributed by atoms with Crippen LogP contribution in [0.15, 0.2) is 0 Å². The number of ether oxygens (including phenoxy) is 1. The molecular formula is C15H31NO. The molecule has 0 aromatic carbocycles. The van der Waals surface area contributed by atoms with E-state index in [2.05, 4.69) is 33.0 Å². The van der Waals surface area contributed by atoms with Crippen LogP contribution in [0.25, 0.3) is 0 Å². The van der Waals surface area contributed by atoms with Crippen LogP contribution >= 0.6 is 0 Å². The summed E-state index contributed by atoms with van der Waals surface area (Å²) in [6.07, 6.45) is 7.34. The lowest BCUT2D eigenvalue weighted by molar-refractivity contribution is 0.0775. The fraction of sp³-hybridized carbons (Fsp3) is 1.00. The van der Waals surface area contributed by atoms with Gasteiger partial charge in [-0.1, -0.05) is 26.7 Å². The van der Waals surface area contributed by atoms with Crippen LogP contribution in [0.4, 0.5) is 0 Å². The zero-order chi connectivity index (χ0) is 12.7. The summed E-state index contributed by atoms with van der Waals surface area (Å²) in [5.74, 6) is 1.80. The smallest absolute Gasteiger partial charge is 0.0594 e. The molecule has 17 heavy (non-hydrogen) atoms. The number of nitrogens with one attached hydrogen (secondary N) is 1. The quantitative estimate of drug-likeness (QED) is 0.688. The van der Waals surface area contributed by atoms with Crippen molar-refractivity contribution in [3.8, 4) is 0 Å². The van der Waals surface area contributed by atoms with Crippen molar-refractivity contribution in [1.82, 2.24) is 5.32 Å². The molecule has 2 unspecified atom stereocenters. The summed E-state index contributed by atoms with van der Waals surface area (Å²) in [6.45, 7) is 10.7. The SMILES string of the molecule is CC(C)CC1CCCC(NCCOC(C)C)C1. The first-order valence-electron chi connectivity index (χ1n) is 7.43. The van der Waals surface area contributed by atoms with E-state index in [-0.39, 0.29) is 0 Å². The van der Waals surface area contributed by atoms with Gasteiger partial charge in [0, 0.05) is 12.6 Å². The molecule has 0 saturated heterocycles. The van der Waals surface area contributed by atoms with Gasteiger partial charge in [0.25, 0.3) is 0 Å². The molecule has 1 aliphatic carbocycles. The lowest BCUT2D eigenvalue weighted by atomic mass is 9.81. The molecule has 0 aromatic heterocycles. The first-order valence-corrected chi connectivity index (χ1v) is 7.43. The highest BCUT2D eigenvalue weighted by atomic mass is 16.5. The van der Waals surface area contributed by atoms with E-state index < -0.39 is 0 Å². The van der Waals surface area contributed by atoms with Gasteiger partial charge in [0.05, 0.1) is 12.7 Å². The van der Waals surface area contributed by atoms with E-state index in [0.717, 1.165) is 31.0 Å². The summed E-state index contributed by atoms with van der Waals surface area (Å²) in [5, 5.41) is 3.66. The molecule has 0 bridgehead atoms. The fourth-order valence-electron chi connectivity index (χ4n) is 2.91. The van der Waals surface area contributed by atoms with E-state index in [1.165, 1.54) is 32.1 Å². The minimum Gasteiger partial charge on any atom is -0.377 e. The van der Waals surface area contributed by atoms with Crippen molar-refractivity contribution >= 4 is 0 Å². The predicted molar refractivity (Wildman–Crippen MR) is 74.3 cm³/mol. The second-order valence-corrected chi connectivity index (χ2v) is 6.23. The van der Waals surface area contributed by atoms with E-state index in [4.69, 9.17) is 4.74 Å². The largest absolute Gasteiger partial charge is 0.377 e. The average molecular weight is 241 g/mol. The van der Waals surface area contributed by atoms with Gasteiger partial charge in [0.2, 0.25) is 0 Å². The Hall–Kier alpha value is -0.0800. The molecule has 1 rings (SSSR count). The van der Waals surface area contributed by atoms with Crippen molar-refractivity contribution in [1.29, 1.82) is 0 Å². The molecule has 2 atom stereocenters. The lowest BCUT2D eigenvalue weighted by Crippen LogP contribution is -2.36. The number of hydrogen-bond donors (Lipinski definition) is 1. The molecule has 0 aromatic rings. The highest BCUT2D eigenvalue weighted by molar-refractivity contribution is 4.78. The summed E-state index contributed by atoms with van der Waals surface area (Å²) >= 11 is 0. The molecule has 1 aliphatic rings. The van der Waals surface area contributed by atoms with Crippen LogP contribution in [0.5, 0.6) is 0 Å². The third-order valence-corrected chi connectivity index (χ3v) is 3.57. The van der Waals surface area contributed by atoms with Gasteiger partial charge in [-0.2, -0.15) is 0 Å². The van der Waals surface area contributed by atoms with Crippen molar-refractivity contribution < 1.29 is 4.74 Å². The molecule has 0 radical (unpaired) electrons. The first-order chi connectivity index (χ1) is 8.08. The highest BCUT2D eigenvalue weighted by Crippen LogP contribution is 2.29. The van der Waals surface area contributed by atoms with E-state index >= 15 is 0 Å². The van der Waals surface area contributed by atoms with Crippen molar-refractivity contribution in [3.05, 3.63) is 0 Å². The van der Waals surface area contributed by atoms with Crippen molar-refractivity contribution in [2.75, 3.05) is 13.2 Å². The second-order valence-electron chi connectivity index (χ2n) is 6.23. The van der Waals surface area contributed by atoms with Gasteiger partial charge >= 0.3 is 0 Å². The predicted octanol–water partition coefficient (Wildman–Crippen LogP) is 3.61. The molecule has 1 saturated carbocycles. The van der Waals surface area contributed by atoms with Crippen LogP contribution in [0.3, 0.4) is 0 Å². The molecule has 0 heterocycles. The Labute approximate surface area is 108 Å². The van der Waals surface area contributed by atoms with Gasteiger partial charge in [0.1, 0.15) is 0 Å². The normalized spacial score (nSPS) is 25.8. The Morgan fingerprint density at radius 1 is 1.18 bits per heavy atom. The van der Waals surface area contributed by atoms with Gasteiger partial charge in [-0.15, -0.1) is 0 Å². The topological polar surface area (TPSA) is 21.3 Å². The second kappa shape index (κ2) is 8.10. The molecule has 1 fully saturated rings. The Morgan fingerprint density at radius 2 is 1.94 bits per heavy atom. The summed E-state index contributed by atoms with van der Waals surface area (Å²) in [5.41, 5.74) is 0. The summed E-state index contributed by atoms with van der Waals surface area (Å²) in [4.78, 5) is 0. The third-order valence-electron chi connectivity index (χ3n) is 3.57. The van der Waals surface area contributed by atoms with Crippen LogP contribution < -0.4 is 5.32 Å². The van der Waals surface area contributed by atoms with E-state index in [0.29, 0.717) is 6.10 Å². The maximum absolute atomic E-state index is 5.56. The summed E-state index contributed by atoms with van der Waals surface area (Å²) < 4.78 is 5.56. The molecule has 0 aliphatic heterocycles. The molecular weight excluding hydrogens is 210 g/mol. The Bertz CT molecular complexity index is 191. The first kappa shape index (κ1) is 15.0. The van der Waals surface area contributed by atoms with Gasteiger partial charge in [-0.05, 0) is 44.9 Å². The van der Waals surface area contributed by atoms with Crippen molar-refractivity contribution in [2.45, 2.75) is 71.9 Å². The Kier molecular flexibility index (Phi) is 7.14. The molecule has 102 valence electrons.